The predicted octanol–water partition coefficient (Wildman–Crippen LogP) is 1.40. The first-order valence-electron chi connectivity index (χ1n) is 5.35. The molecule has 0 aromatic heterocycles. The number of nitrogens with two attached hydrogens (primary N) is 1. The summed E-state index contributed by atoms with van der Waals surface area (Å²) in [6.07, 6.45) is 1.09. The Morgan fingerprint density at radius 2 is 2.06 bits per heavy atom. The number of benzene rings is 1. The van der Waals surface area contributed by atoms with E-state index in [1.807, 2.05) is 6.92 Å². The van der Waals surface area contributed by atoms with Crippen molar-refractivity contribution in [3.8, 4) is 11.5 Å². The van der Waals surface area contributed by atoms with E-state index >= 15 is 0 Å². The van der Waals surface area contributed by atoms with Crippen LogP contribution in [0.3, 0.4) is 0 Å². The lowest BCUT2D eigenvalue weighted by Gasteiger charge is -2.11. The van der Waals surface area contributed by atoms with Crippen LogP contribution in [-0.4, -0.2) is 28.4 Å². The summed E-state index contributed by atoms with van der Waals surface area (Å²) in [7, 11) is -1.74. The Hall–Kier alpha value is -1.69. The summed E-state index contributed by atoms with van der Waals surface area (Å²) in [4.78, 5) is 0. The average molecular weight is 271 g/mol. The summed E-state index contributed by atoms with van der Waals surface area (Å²) in [5, 5.41) is 1.02. The molecule has 1 aromatic rings. The van der Waals surface area contributed by atoms with E-state index in [4.69, 9.17) is 15.2 Å². The molecule has 0 aliphatic carbocycles. The van der Waals surface area contributed by atoms with Gasteiger partial charge >= 0.3 is 0 Å². The van der Waals surface area contributed by atoms with Gasteiger partial charge in [0.05, 0.1) is 24.8 Å². The van der Waals surface area contributed by atoms with Crippen LogP contribution in [0.1, 0.15) is 12.5 Å². The van der Waals surface area contributed by atoms with Crippen molar-refractivity contribution >= 4 is 15.5 Å². The van der Waals surface area contributed by atoms with Crippen LogP contribution in [0.25, 0.3) is 5.70 Å². The van der Waals surface area contributed by atoms with Crippen LogP contribution >= 0.6 is 0 Å². The van der Waals surface area contributed by atoms with E-state index in [2.05, 4.69) is 0 Å². The van der Waals surface area contributed by atoms with Crippen LogP contribution in [0.5, 0.6) is 11.5 Å². The monoisotopic (exact) mass is 271 g/mol. The molecule has 0 unspecified atom stereocenters. The lowest BCUT2D eigenvalue weighted by Crippen LogP contribution is -2.02. The van der Waals surface area contributed by atoms with Crippen LogP contribution in [0.15, 0.2) is 23.6 Å². The Morgan fingerprint density at radius 1 is 1.39 bits per heavy atom. The zero-order valence-corrected chi connectivity index (χ0v) is 11.5. The molecule has 0 bridgehead atoms. The molecule has 0 amide bonds. The molecule has 0 saturated heterocycles. The first-order valence-corrected chi connectivity index (χ1v) is 7.31. The Balaban J connectivity index is 3.19. The minimum atomic E-state index is -3.27. The molecule has 18 heavy (non-hydrogen) atoms. The molecule has 0 fully saturated rings. The first-order chi connectivity index (χ1) is 8.37. The van der Waals surface area contributed by atoms with Gasteiger partial charge in [-0.05, 0) is 25.1 Å². The number of rotatable bonds is 5. The van der Waals surface area contributed by atoms with Crippen molar-refractivity contribution in [3.63, 3.8) is 0 Å². The zero-order valence-electron chi connectivity index (χ0n) is 10.6. The van der Waals surface area contributed by atoms with E-state index in [9.17, 15) is 8.42 Å². The third-order valence-corrected chi connectivity index (χ3v) is 2.82. The second-order valence-electron chi connectivity index (χ2n) is 3.70. The van der Waals surface area contributed by atoms with Gasteiger partial charge in [-0.1, -0.05) is 0 Å². The summed E-state index contributed by atoms with van der Waals surface area (Å²) in [5.74, 6) is 1.11. The third kappa shape index (κ3) is 3.96. The summed E-state index contributed by atoms with van der Waals surface area (Å²) >= 11 is 0. The maximum atomic E-state index is 11.1. The second kappa shape index (κ2) is 5.77. The van der Waals surface area contributed by atoms with Gasteiger partial charge in [-0.3, -0.25) is 0 Å². The molecule has 0 spiro atoms. The highest BCUT2D eigenvalue weighted by atomic mass is 32.2. The summed E-state index contributed by atoms with van der Waals surface area (Å²) in [5.41, 5.74) is 6.46. The quantitative estimate of drug-likeness (QED) is 0.875. The van der Waals surface area contributed by atoms with Crippen LogP contribution in [0.4, 0.5) is 0 Å². The van der Waals surface area contributed by atoms with Gasteiger partial charge in [-0.25, -0.2) is 8.42 Å². The molecular formula is C12H17NO4S. The number of methoxy groups -OCH3 is 1. The van der Waals surface area contributed by atoms with Gasteiger partial charge < -0.3 is 15.2 Å². The Labute approximate surface area is 107 Å². The fraction of sp³-hybridized carbons (Fsp3) is 0.333. The van der Waals surface area contributed by atoms with E-state index in [1.165, 1.54) is 7.11 Å². The summed E-state index contributed by atoms with van der Waals surface area (Å²) in [6, 6.07) is 5.01. The smallest absolute Gasteiger partial charge is 0.170 e. The molecule has 0 saturated carbocycles. The van der Waals surface area contributed by atoms with Gasteiger partial charge in [0.25, 0.3) is 0 Å². The largest absolute Gasteiger partial charge is 0.493 e. The van der Waals surface area contributed by atoms with Crippen molar-refractivity contribution in [2.45, 2.75) is 6.92 Å². The molecule has 0 aliphatic heterocycles. The Morgan fingerprint density at radius 3 is 2.56 bits per heavy atom. The number of sulfone groups is 1. The van der Waals surface area contributed by atoms with E-state index in [1.54, 1.807) is 18.2 Å². The SMILES string of the molecule is CCOc1cc(C(N)=CS(C)(=O)=O)ccc1OC. The van der Waals surface area contributed by atoms with E-state index < -0.39 is 9.84 Å². The first kappa shape index (κ1) is 14.4. The van der Waals surface area contributed by atoms with Gasteiger partial charge in [0.15, 0.2) is 21.3 Å². The van der Waals surface area contributed by atoms with Crippen LogP contribution in [-0.2, 0) is 9.84 Å². The second-order valence-corrected chi connectivity index (χ2v) is 5.60. The molecule has 0 heterocycles. The lowest BCUT2D eigenvalue weighted by atomic mass is 10.1. The standard InChI is InChI=1S/C12H17NO4S/c1-4-17-12-7-9(5-6-11(12)16-2)10(13)8-18(3,14)15/h5-8H,4,13H2,1-3H3. The molecule has 1 rings (SSSR count). The predicted molar refractivity (Wildman–Crippen MR) is 71.2 cm³/mol. The topological polar surface area (TPSA) is 78.6 Å². The highest BCUT2D eigenvalue weighted by Gasteiger charge is 2.08. The normalized spacial score (nSPS) is 12.3. The number of hydrogen-bond donors (Lipinski definition) is 1. The van der Waals surface area contributed by atoms with E-state index in [-0.39, 0.29) is 5.70 Å². The van der Waals surface area contributed by atoms with Gasteiger partial charge in [0.1, 0.15) is 0 Å². The van der Waals surface area contributed by atoms with Gasteiger partial charge in [-0.2, -0.15) is 0 Å². The fourth-order valence-corrected chi connectivity index (χ4v) is 2.02. The minimum Gasteiger partial charge on any atom is -0.493 e. The maximum Gasteiger partial charge on any atom is 0.170 e. The summed E-state index contributed by atoms with van der Waals surface area (Å²) in [6.45, 7) is 2.33. The number of hydrogen-bond acceptors (Lipinski definition) is 5. The molecule has 6 heteroatoms. The van der Waals surface area contributed by atoms with Crippen molar-refractivity contribution < 1.29 is 17.9 Å². The highest BCUT2D eigenvalue weighted by molar-refractivity contribution is 7.93. The van der Waals surface area contributed by atoms with E-state index in [0.717, 1.165) is 11.7 Å². The Kier molecular flexibility index (Phi) is 4.61. The van der Waals surface area contributed by atoms with Crippen molar-refractivity contribution in [2.75, 3.05) is 20.0 Å². The van der Waals surface area contributed by atoms with Crippen LogP contribution in [0.2, 0.25) is 0 Å². The molecule has 0 aliphatic rings. The lowest BCUT2D eigenvalue weighted by molar-refractivity contribution is 0.311. The molecule has 2 N–H and O–H groups in total. The Bertz CT molecular complexity index is 549. The molecule has 1 aromatic carbocycles. The van der Waals surface area contributed by atoms with Gasteiger partial charge in [0.2, 0.25) is 0 Å². The van der Waals surface area contributed by atoms with E-state index in [0.29, 0.717) is 23.7 Å². The highest BCUT2D eigenvalue weighted by Crippen LogP contribution is 2.29. The van der Waals surface area contributed by atoms with Crippen molar-refractivity contribution in [1.29, 1.82) is 0 Å². The van der Waals surface area contributed by atoms with Crippen LogP contribution in [0, 0.1) is 0 Å². The molecule has 0 atom stereocenters. The van der Waals surface area contributed by atoms with Crippen molar-refractivity contribution in [2.24, 2.45) is 5.73 Å². The minimum absolute atomic E-state index is 0.168. The number of ether oxygens (including phenoxy) is 2. The molecular weight excluding hydrogens is 254 g/mol. The maximum absolute atomic E-state index is 11.1. The summed E-state index contributed by atoms with van der Waals surface area (Å²) < 4.78 is 32.8. The molecule has 5 nitrogen and oxygen atoms in total. The van der Waals surface area contributed by atoms with Crippen molar-refractivity contribution in [3.05, 3.63) is 29.2 Å². The van der Waals surface area contributed by atoms with Gasteiger partial charge in [0, 0.05) is 11.8 Å². The van der Waals surface area contributed by atoms with Crippen molar-refractivity contribution in [1.82, 2.24) is 0 Å². The molecule has 100 valence electrons. The van der Waals surface area contributed by atoms with Crippen LogP contribution < -0.4 is 15.2 Å². The third-order valence-electron chi connectivity index (χ3n) is 2.14. The molecule has 0 radical (unpaired) electrons. The zero-order chi connectivity index (χ0) is 13.8. The fourth-order valence-electron chi connectivity index (χ4n) is 1.42. The average Bonchev–Trinajstić information content (AvgIpc) is 2.27. The van der Waals surface area contributed by atoms with Gasteiger partial charge in [-0.15, -0.1) is 0 Å².